The molecule has 6 nitrogen and oxygen atoms in total. The Bertz CT molecular complexity index is 614. The Morgan fingerprint density at radius 2 is 2.32 bits per heavy atom. The van der Waals surface area contributed by atoms with E-state index < -0.39 is 15.6 Å². The molecule has 0 aliphatic carbocycles. The fourth-order valence-corrected chi connectivity index (χ4v) is 3.44. The van der Waals surface area contributed by atoms with Gasteiger partial charge in [0.05, 0.1) is 4.90 Å². The van der Waals surface area contributed by atoms with Gasteiger partial charge in [0.15, 0.2) is 0 Å². The van der Waals surface area contributed by atoms with Crippen molar-refractivity contribution in [2.24, 2.45) is 5.92 Å². The molecule has 0 saturated carbocycles. The molecule has 1 unspecified atom stereocenters. The van der Waals surface area contributed by atoms with Crippen LogP contribution in [0.2, 0.25) is 5.02 Å². The zero-order valence-electron chi connectivity index (χ0n) is 10.5. The molecule has 2 N–H and O–H groups in total. The smallest absolute Gasteiger partial charge is 0.266 e. The number of halogens is 1. The number of sulfonamides is 1. The molecule has 0 bridgehead atoms. The quantitative estimate of drug-likeness (QED) is 0.836. The molecule has 1 aromatic heterocycles. The van der Waals surface area contributed by atoms with E-state index in [4.69, 9.17) is 11.6 Å². The van der Waals surface area contributed by atoms with Gasteiger partial charge in [0.1, 0.15) is 5.02 Å². The van der Waals surface area contributed by atoms with E-state index in [-0.39, 0.29) is 9.92 Å². The molecule has 2 rings (SSSR count). The molecular weight excluding hydrogens is 290 g/mol. The van der Waals surface area contributed by atoms with Crippen molar-refractivity contribution in [1.29, 1.82) is 0 Å². The predicted octanol–water partition coefficient (Wildman–Crippen LogP) is 0.258. The second-order valence-corrected chi connectivity index (χ2v) is 6.96. The highest BCUT2D eigenvalue weighted by molar-refractivity contribution is 7.89. The van der Waals surface area contributed by atoms with Crippen LogP contribution in [0.15, 0.2) is 22.0 Å². The van der Waals surface area contributed by atoms with E-state index in [1.165, 1.54) is 0 Å². The Morgan fingerprint density at radius 1 is 1.58 bits per heavy atom. The monoisotopic (exact) mass is 305 g/mol. The van der Waals surface area contributed by atoms with E-state index >= 15 is 0 Å². The minimum atomic E-state index is -3.63. The molecule has 19 heavy (non-hydrogen) atoms. The van der Waals surface area contributed by atoms with Crippen molar-refractivity contribution in [3.63, 3.8) is 0 Å². The predicted molar refractivity (Wildman–Crippen MR) is 72.9 cm³/mol. The van der Waals surface area contributed by atoms with E-state index in [0.717, 1.165) is 31.8 Å². The maximum absolute atomic E-state index is 12.0. The molecule has 0 amide bonds. The summed E-state index contributed by atoms with van der Waals surface area (Å²) in [7, 11) is -1.62. The lowest BCUT2D eigenvalue weighted by atomic mass is 10.1. The van der Waals surface area contributed by atoms with Crippen LogP contribution in [0.1, 0.15) is 6.42 Å². The topological polar surface area (TPSA) is 82.3 Å². The summed E-state index contributed by atoms with van der Waals surface area (Å²) in [6.45, 7) is 2.26. The Labute approximate surface area is 116 Å². The van der Waals surface area contributed by atoms with Crippen molar-refractivity contribution in [3.05, 3.63) is 27.6 Å². The van der Waals surface area contributed by atoms with Crippen LogP contribution in [0.25, 0.3) is 0 Å². The lowest BCUT2D eigenvalue weighted by Gasteiger charge is -2.12. The number of hydrogen-bond acceptors (Lipinski definition) is 4. The molecule has 2 heterocycles. The third-order valence-electron chi connectivity index (χ3n) is 3.19. The van der Waals surface area contributed by atoms with Crippen LogP contribution >= 0.6 is 11.6 Å². The van der Waals surface area contributed by atoms with Crippen molar-refractivity contribution in [3.8, 4) is 0 Å². The summed E-state index contributed by atoms with van der Waals surface area (Å²) in [5.41, 5.74) is -0.502. The SMILES string of the molecule is CN1CCC(CNS(=O)(=O)c2c[nH]c(=O)c(Cl)c2)C1. The third kappa shape index (κ3) is 3.56. The second-order valence-electron chi connectivity index (χ2n) is 4.78. The average molecular weight is 306 g/mol. The first-order chi connectivity index (χ1) is 8.88. The van der Waals surface area contributed by atoms with Crippen molar-refractivity contribution < 1.29 is 8.42 Å². The zero-order chi connectivity index (χ0) is 14.0. The number of hydrogen-bond donors (Lipinski definition) is 2. The lowest BCUT2D eigenvalue weighted by molar-refractivity contribution is 0.394. The van der Waals surface area contributed by atoms with Gasteiger partial charge in [0.25, 0.3) is 5.56 Å². The second kappa shape index (κ2) is 5.62. The molecule has 1 aliphatic heterocycles. The Hall–Kier alpha value is -0.890. The van der Waals surface area contributed by atoms with Gasteiger partial charge in [-0.15, -0.1) is 0 Å². The number of rotatable bonds is 4. The molecule has 1 aliphatic rings. The fourth-order valence-electron chi connectivity index (χ4n) is 2.10. The maximum atomic E-state index is 12.0. The van der Waals surface area contributed by atoms with E-state index in [1.54, 1.807) is 0 Å². The number of pyridine rings is 1. The van der Waals surface area contributed by atoms with Gasteiger partial charge in [0, 0.05) is 19.3 Å². The van der Waals surface area contributed by atoms with Gasteiger partial charge in [-0.2, -0.15) is 0 Å². The summed E-state index contributed by atoms with van der Waals surface area (Å²) in [4.78, 5) is 15.5. The van der Waals surface area contributed by atoms with E-state index in [2.05, 4.69) is 14.6 Å². The summed E-state index contributed by atoms with van der Waals surface area (Å²) in [6.07, 6.45) is 2.13. The standard InChI is InChI=1S/C11H16ClN3O3S/c1-15-3-2-8(7-15)5-14-19(17,18)9-4-10(12)11(16)13-6-9/h4,6,8,14H,2-3,5,7H2,1H3,(H,13,16). The summed E-state index contributed by atoms with van der Waals surface area (Å²) in [5.74, 6) is 0.318. The summed E-state index contributed by atoms with van der Waals surface area (Å²) in [6, 6.07) is 1.16. The summed E-state index contributed by atoms with van der Waals surface area (Å²) >= 11 is 5.62. The lowest BCUT2D eigenvalue weighted by Crippen LogP contribution is -2.31. The van der Waals surface area contributed by atoms with Crippen LogP contribution in [0.3, 0.4) is 0 Å². The highest BCUT2D eigenvalue weighted by atomic mass is 35.5. The molecule has 0 radical (unpaired) electrons. The van der Waals surface area contributed by atoms with Crippen LogP contribution in [0.5, 0.6) is 0 Å². The van der Waals surface area contributed by atoms with Gasteiger partial charge in [0.2, 0.25) is 10.0 Å². The van der Waals surface area contributed by atoms with E-state index in [0.29, 0.717) is 12.5 Å². The first-order valence-corrected chi connectivity index (χ1v) is 7.81. The minimum Gasteiger partial charge on any atom is -0.326 e. The number of aromatic amines is 1. The van der Waals surface area contributed by atoms with E-state index in [9.17, 15) is 13.2 Å². The molecule has 1 saturated heterocycles. The van der Waals surface area contributed by atoms with Crippen LogP contribution in [-0.4, -0.2) is 45.0 Å². The van der Waals surface area contributed by atoms with Crippen molar-refractivity contribution >= 4 is 21.6 Å². The van der Waals surface area contributed by atoms with Gasteiger partial charge in [-0.25, -0.2) is 13.1 Å². The van der Waals surface area contributed by atoms with E-state index in [1.807, 2.05) is 7.05 Å². The van der Waals surface area contributed by atoms with Crippen molar-refractivity contribution in [1.82, 2.24) is 14.6 Å². The summed E-state index contributed by atoms with van der Waals surface area (Å²) in [5, 5.41) is -0.136. The minimum absolute atomic E-state index is 0.0246. The highest BCUT2D eigenvalue weighted by Gasteiger charge is 2.22. The number of nitrogens with one attached hydrogen (secondary N) is 2. The third-order valence-corrected chi connectivity index (χ3v) is 4.88. The zero-order valence-corrected chi connectivity index (χ0v) is 12.1. The number of likely N-dealkylation sites (tertiary alicyclic amines) is 1. The molecule has 106 valence electrons. The van der Waals surface area contributed by atoms with Crippen LogP contribution < -0.4 is 10.3 Å². The Balaban J connectivity index is 2.05. The average Bonchev–Trinajstić information content (AvgIpc) is 2.76. The Kier molecular flexibility index (Phi) is 4.29. The molecular formula is C11H16ClN3O3S. The normalized spacial score (nSPS) is 20.8. The Morgan fingerprint density at radius 3 is 2.89 bits per heavy atom. The molecule has 1 fully saturated rings. The maximum Gasteiger partial charge on any atom is 0.266 e. The number of aromatic nitrogens is 1. The van der Waals surface area contributed by atoms with Gasteiger partial charge >= 0.3 is 0 Å². The summed E-state index contributed by atoms with van der Waals surface area (Å²) < 4.78 is 26.6. The largest absolute Gasteiger partial charge is 0.326 e. The van der Waals surface area contributed by atoms with Gasteiger partial charge in [-0.1, -0.05) is 11.6 Å². The number of nitrogens with zero attached hydrogens (tertiary/aromatic N) is 1. The molecule has 8 heteroatoms. The molecule has 1 atom stereocenters. The van der Waals surface area contributed by atoms with Crippen LogP contribution in [-0.2, 0) is 10.0 Å². The van der Waals surface area contributed by atoms with Gasteiger partial charge < -0.3 is 9.88 Å². The van der Waals surface area contributed by atoms with Crippen molar-refractivity contribution in [2.75, 3.05) is 26.7 Å². The van der Waals surface area contributed by atoms with Gasteiger partial charge in [-0.05, 0) is 32.0 Å². The highest BCUT2D eigenvalue weighted by Crippen LogP contribution is 2.15. The molecule has 1 aromatic rings. The molecule has 0 aromatic carbocycles. The molecule has 0 spiro atoms. The first kappa shape index (κ1) is 14.5. The van der Waals surface area contributed by atoms with Crippen LogP contribution in [0, 0.1) is 5.92 Å². The van der Waals surface area contributed by atoms with Crippen molar-refractivity contribution in [2.45, 2.75) is 11.3 Å². The number of H-pyrrole nitrogens is 1. The first-order valence-electron chi connectivity index (χ1n) is 5.95. The van der Waals surface area contributed by atoms with Gasteiger partial charge in [-0.3, -0.25) is 4.79 Å². The van der Waals surface area contributed by atoms with Crippen LogP contribution in [0.4, 0.5) is 0 Å². The fraction of sp³-hybridized carbons (Fsp3) is 0.545.